The molecule has 0 aliphatic rings. The Hall–Kier alpha value is -2.87. The van der Waals surface area contributed by atoms with Crippen LogP contribution >= 0.6 is 12.6 Å². The van der Waals surface area contributed by atoms with Crippen LogP contribution in [0.3, 0.4) is 0 Å². The van der Waals surface area contributed by atoms with Gasteiger partial charge in [0.25, 0.3) is 0 Å². The minimum Gasteiger partial charge on any atom is -0.481 e. The van der Waals surface area contributed by atoms with Crippen LogP contribution in [0.25, 0.3) is 0 Å². The molecule has 0 bridgehead atoms. The summed E-state index contributed by atoms with van der Waals surface area (Å²) in [6.07, 6.45) is -1.41. The zero-order chi connectivity index (χ0) is 22.6. The van der Waals surface area contributed by atoms with Crippen LogP contribution in [-0.4, -0.2) is 76.2 Å². The van der Waals surface area contributed by atoms with Crippen LogP contribution in [0.1, 0.15) is 25.7 Å². The van der Waals surface area contributed by atoms with Crippen LogP contribution in [0.5, 0.6) is 0 Å². The highest BCUT2D eigenvalue weighted by molar-refractivity contribution is 7.80. The van der Waals surface area contributed by atoms with Crippen molar-refractivity contribution in [2.75, 3.05) is 12.3 Å². The van der Waals surface area contributed by atoms with E-state index in [4.69, 9.17) is 21.7 Å². The van der Waals surface area contributed by atoms with Crippen molar-refractivity contribution in [3.05, 3.63) is 0 Å². The number of amides is 4. The van der Waals surface area contributed by atoms with E-state index in [1.807, 2.05) is 0 Å². The third-order valence-electron chi connectivity index (χ3n) is 3.55. The lowest BCUT2D eigenvalue weighted by atomic mass is 10.1. The van der Waals surface area contributed by atoms with E-state index in [2.05, 4.69) is 28.6 Å². The quantitative estimate of drug-likeness (QED) is 0.127. The van der Waals surface area contributed by atoms with Crippen molar-refractivity contribution in [3.63, 3.8) is 0 Å². The van der Waals surface area contributed by atoms with Gasteiger partial charge in [0.2, 0.25) is 23.6 Å². The maximum Gasteiger partial charge on any atom is 0.326 e. The lowest BCUT2D eigenvalue weighted by Crippen LogP contribution is -2.54. The molecule has 13 nitrogen and oxygen atoms in total. The summed E-state index contributed by atoms with van der Waals surface area (Å²) in [4.78, 5) is 68.6. The summed E-state index contributed by atoms with van der Waals surface area (Å²) in [5.41, 5.74) is 10.4. The molecule has 0 saturated heterocycles. The fraction of sp³-hybridized carbons (Fsp3) is 0.600. The van der Waals surface area contributed by atoms with Gasteiger partial charge in [0.15, 0.2) is 0 Å². The number of nitrogens with two attached hydrogens (primary N) is 2. The molecule has 0 aromatic rings. The molecule has 14 heteroatoms. The fourth-order valence-electron chi connectivity index (χ4n) is 1.98. The van der Waals surface area contributed by atoms with Crippen molar-refractivity contribution in [2.45, 2.75) is 43.8 Å². The molecule has 164 valence electrons. The first kappa shape index (κ1) is 26.1. The number of carbonyl (C=O) groups excluding carboxylic acids is 4. The number of primary amides is 1. The second kappa shape index (κ2) is 13.3. The lowest BCUT2D eigenvalue weighted by molar-refractivity contribution is -0.143. The Labute approximate surface area is 171 Å². The first-order valence-electron chi connectivity index (χ1n) is 8.44. The standard InChI is InChI=1S/C15H25N5O8S/c16-7(6-29)13(25)18-5-11(22)19-8(2-4-12(23)24)14(26)20-9(15(27)28)1-3-10(17)21/h7-9,29H,1-6,16H2,(H2,17,21)(H,18,25)(H,19,22)(H,20,26)(H,23,24)(H,27,28). The predicted octanol–water partition coefficient (Wildman–Crippen LogP) is -3.46. The van der Waals surface area contributed by atoms with E-state index in [0.717, 1.165) is 0 Å². The molecule has 0 rings (SSSR count). The summed E-state index contributed by atoms with van der Waals surface area (Å²) in [7, 11) is 0. The topological polar surface area (TPSA) is 231 Å². The van der Waals surface area contributed by atoms with E-state index in [0.29, 0.717) is 0 Å². The highest BCUT2D eigenvalue weighted by Gasteiger charge is 2.27. The summed E-state index contributed by atoms with van der Waals surface area (Å²) in [5.74, 6) is -5.84. The molecule has 4 amide bonds. The fourth-order valence-corrected chi connectivity index (χ4v) is 2.15. The summed E-state index contributed by atoms with van der Waals surface area (Å²) in [5, 5.41) is 24.5. The Bertz CT molecular complexity index is 644. The van der Waals surface area contributed by atoms with Gasteiger partial charge >= 0.3 is 11.9 Å². The summed E-state index contributed by atoms with van der Waals surface area (Å²) in [6, 6.07) is -3.80. The van der Waals surface area contributed by atoms with Crippen LogP contribution < -0.4 is 27.4 Å². The maximum absolute atomic E-state index is 12.3. The molecule has 0 aliphatic carbocycles. The van der Waals surface area contributed by atoms with Crippen LogP contribution in [-0.2, 0) is 28.8 Å². The number of rotatable bonds is 14. The normalized spacial score (nSPS) is 13.4. The zero-order valence-electron chi connectivity index (χ0n) is 15.4. The Morgan fingerprint density at radius 3 is 1.97 bits per heavy atom. The van der Waals surface area contributed by atoms with Gasteiger partial charge in [-0.2, -0.15) is 12.6 Å². The zero-order valence-corrected chi connectivity index (χ0v) is 16.3. The second-order valence-electron chi connectivity index (χ2n) is 5.96. The minimum absolute atomic E-state index is 0.0406. The number of hydrogen-bond acceptors (Lipinski definition) is 8. The molecule has 0 aliphatic heterocycles. The van der Waals surface area contributed by atoms with Crippen molar-refractivity contribution in [1.82, 2.24) is 16.0 Å². The van der Waals surface area contributed by atoms with Crippen molar-refractivity contribution in [1.29, 1.82) is 0 Å². The third kappa shape index (κ3) is 11.5. The van der Waals surface area contributed by atoms with E-state index < -0.39 is 66.7 Å². The Morgan fingerprint density at radius 2 is 1.48 bits per heavy atom. The van der Waals surface area contributed by atoms with Crippen molar-refractivity contribution in [2.24, 2.45) is 11.5 Å². The van der Waals surface area contributed by atoms with E-state index in [9.17, 15) is 28.8 Å². The van der Waals surface area contributed by atoms with Crippen LogP contribution in [0, 0.1) is 0 Å². The summed E-state index contributed by atoms with van der Waals surface area (Å²) >= 11 is 3.83. The van der Waals surface area contributed by atoms with E-state index in [1.54, 1.807) is 0 Å². The molecular weight excluding hydrogens is 410 g/mol. The van der Waals surface area contributed by atoms with Crippen molar-refractivity contribution in [3.8, 4) is 0 Å². The molecule has 0 radical (unpaired) electrons. The van der Waals surface area contributed by atoms with Gasteiger partial charge in [0.1, 0.15) is 12.1 Å². The number of aliphatic carboxylic acids is 2. The number of hydrogen-bond donors (Lipinski definition) is 8. The lowest BCUT2D eigenvalue weighted by Gasteiger charge is -2.21. The van der Waals surface area contributed by atoms with Crippen LogP contribution in [0.15, 0.2) is 0 Å². The van der Waals surface area contributed by atoms with Gasteiger partial charge in [-0.05, 0) is 12.8 Å². The molecule has 0 heterocycles. The molecular formula is C15H25N5O8S. The Kier molecular flexibility index (Phi) is 12.0. The average Bonchev–Trinajstić information content (AvgIpc) is 2.64. The first-order valence-corrected chi connectivity index (χ1v) is 9.07. The maximum atomic E-state index is 12.3. The molecule has 3 unspecified atom stereocenters. The number of thiol groups is 1. The van der Waals surface area contributed by atoms with Crippen LogP contribution in [0.4, 0.5) is 0 Å². The van der Waals surface area contributed by atoms with Crippen molar-refractivity contribution < 1.29 is 39.0 Å². The summed E-state index contributed by atoms with van der Waals surface area (Å²) < 4.78 is 0. The van der Waals surface area contributed by atoms with E-state index >= 15 is 0 Å². The number of nitrogens with one attached hydrogen (secondary N) is 3. The van der Waals surface area contributed by atoms with Gasteiger partial charge in [-0.25, -0.2) is 4.79 Å². The highest BCUT2D eigenvalue weighted by Crippen LogP contribution is 2.03. The Morgan fingerprint density at radius 1 is 0.897 bits per heavy atom. The van der Waals surface area contributed by atoms with Gasteiger partial charge in [0.05, 0.1) is 12.6 Å². The summed E-state index contributed by atoms with van der Waals surface area (Å²) in [6.45, 7) is -0.540. The van der Waals surface area contributed by atoms with Crippen molar-refractivity contribution >= 4 is 48.2 Å². The molecule has 29 heavy (non-hydrogen) atoms. The molecule has 0 fully saturated rings. The molecule has 3 atom stereocenters. The van der Waals surface area contributed by atoms with Gasteiger partial charge in [-0.3, -0.25) is 24.0 Å². The van der Waals surface area contributed by atoms with Gasteiger partial charge in [0, 0.05) is 18.6 Å². The van der Waals surface area contributed by atoms with Gasteiger partial charge in [-0.15, -0.1) is 0 Å². The third-order valence-corrected chi connectivity index (χ3v) is 3.94. The second-order valence-corrected chi connectivity index (χ2v) is 6.33. The predicted molar refractivity (Wildman–Crippen MR) is 102 cm³/mol. The van der Waals surface area contributed by atoms with Gasteiger partial charge < -0.3 is 37.6 Å². The van der Waals surface area contributed by atoms with E-state index in [-0.39, 0.29) is 25.0 Å². The monoisotopic (exact) mass is 435 g/mol. The molecule has 0 spiro atoms. The smallest absolute Gasteiger partial charge is 0.326 e. The molecule has 0 aromatic heterocycles. The van der Waals surface area contributed by atoms with E-state index in [1.165, 1.54) is 0 Å². The molecule has 0 aromatic carbocycles. The first-order chi connectivity index (χ1) is 13.5. The SMILES string of the molecule is NC(=O)CCC(NC(=O)C(CCC(=O)O)NC(=O)CNC(=O)C(N)CS)C(=O)O. The molecule has 0 saturated carbocycles. The number of carboxylic acid groups (broad SMARTS) is 2. The largest absolute Gasteiger partial charge is 0.481 e. The number of carboxylic acids is 2. The van der Waals surface area contributed by atoms with Gasteiger partial charge in [-0.1, -0.05) is 0 Å². The van der Waals surface area contributed by atoms with Crippen LogP contribution in [0.2, 0.25) is 0 Å². The highest BCUT2D eigenvalue weighted by atomic mass is 32.1. The molecule has 9 N–H and O–H groups in total. The minimum atomic E-state index is -1.47. The number of carbonyl (C=O) groups is 6. The Balaban J connectivity index is 4.99. The average molecular weight is 435 g/mol.